The third-order valence-corrected chi connectivity index (χ3v) is 4.28. The lowest BCUT2D eigenvalue weighted by atomic mass is 9.82. The summed E-state index contributed by atoms with van der Waals surface area (Å²) in [5, 5.41) is 0. The Kier molecular flexibility index (Phi) is 3.62. The molecule has 0 aliphatic carbocycles. The molecule has 4 nitrogen and oxygen atoms in total. The number of nitrogens with one attached hydrogen (secondary N) is 1. The Morgan fingerprint density at radius 1 is 1.29 bits per heavy atom. The summed E-state index contributed by atoms with van der Waals surface area (Å²) in [5.41, 5.74) is 5.94. The summed E-state index contributed by atoms with van der Waals surface area (Å²) in [5.74, 6) is 5.20. The number of carbonyl (C=O) groups is 1. The van der Waals surface area contributed by atoms with E-state index in [1.165, 1.54) is 11.1 Å². The van der Waals surface area contributed by atoms with Crippen molar-refractivity contribution in [2.75, 3.05) is 4.90 Å². The Morgan fingerprint density at radius 2 is 1.90 bits per heavy atom. The molecular weight excluding hydrogens is 262 g/mol. The molecule has 21 heavy (non-hydrogen) atoms. The molecule has 1 amide bonds. The highest BCUT2D eigenvalue weighted by molar-refractivity contribution is 5.93. The first-order valence-electron chi connectivity index (χ1n) is 7.23. The predicted octanol–water partition coefficient (Wildman–Crippen LogP) is 2.77. The van der Waals surface area contributed by atoms with Gasteiger partial charge in [0.05, 0.1) is 5.54 Å². The van der Waals surface area contributed by atoms with E-state index < -0.39 is 5.54 Å². The zero-order valence-corrected chi connectivity index (χ0v) is 13.7. The van der Waals surface area contributed by atoms with Crippen LogP contribution in [0.5, 0.6) is 0 Å². The van der Waals surface area contributed by atoms with Gasteiger partial charge < -0.3 is 4.90 Å². The van der Waals surface area contributed by atoms with E-state index in [2.05, 4.69) is 62.3 Å². The van der Waals surface area contributed by atoms with Crippen molar-refractivity contribution < 1.29 is 4.79 Å². The van der Waals surface area contributed by atoms with Crippen molar-refractivity contribution in [3.8, 4) is 0 Å². The molecule has 2 rings (SSSR count). The van der Waals surface area contributed by atoms with Crippen LogP contribution < -0.4 is 16.2 Å². The summed E-state index contributed by atoms with van der Waals surface area (Å²) in [4.78, 5) is 14.5. The van der Waals surface area contributed by atoms with E-state index in [-0.39, 0.29) is 11.4 Å². The summed E-state index contributed by atoms with van der Waals surface area (Å²) >= 11 is 0. The molecular formula is C17H25N3O. The zero-order valence-electron chi connectivity index (χ0n) is 13.7. The van der Waals surface area contributed by atoms with Crippen LogP contribution in [0.4, 0.5) is 5.69 Å². The quantitative estimate of drug-likeness (QED) is 0.499. The Bertz CT molecular complexity index is 614. The van der Waals surface area contributed by atoms with Gasteiger partial charge in [0.1, 0.15) is 5.54 Å². The fraction of sp³-hybridized carbons (Fsp3) is 0.471. The molecule has 3 N–H and O–H groups in total. The summed E-state index contributed by atoms with van der Waals surface area (Å²) in [6.45, 7) is 12.3. The lowest BCUT2D eigenvalue weighted by molar-refractivity contribution is -0.125. The number of carbonyl (C=O) groups excluding carboxylic acids is 1. The third-order valence-electron chi connectivity index (χ3n) is 4.28. The van der Waals surface area contributed by atoms with Gasteiger partial charge in [-0.1, -0.05) is 24.3 Å². The molecule has 0 radical (unpaired) electrons. The van der Waals surface area contributed by atoms with Crippen molar-refractivity contribution in [3.05, 3.63) is 35.4 Å². The minimum atomic E-state index is -0.754. The van der Waals surface area contributed by atoms with Crippen LogP contribution in [0.15, 0.2) is 24.3 Å². The summed E-state index contributed by atoms with van der Waals surface area (Å²) in [7, 11) is 0. The topological polar surface area (TPSA) is 58.4 Å². The Balaban J connectivity index is 2.74. The van der Waals surface area contributed by atoms with Gasteiger partial charge in [0.25, 0.3) is 5.91 Å². The molecule has 1 aromatic rings. The highest BCUT2D eigenvalue weighted by Crippen LogP contribution is 2.44. The van der Waals surface area contributed by atoms with Crippen molar-refractivity contribution in [1.82, 2.24) is 5.43 Å². The molecule has 1 aliphatic rings. The second-order valence-electron chi connectivity index (χ2n) is 6.82. The molecule has 1 aliphatic heterocycles. The number of nitrogens with zero attached hydrogens (tertiary/aromatic N) is 1. The predicted molar refractivity (Wildman–Crippen MR) is 87.8 cm³/mol. The fourth-order valence-corrected chi connectivity index (χ4v) is 3.51. The van der Waals surface area contributed by atoms with Gasteiger partial charge in [-0.2, -0.15) is 0 Å². The summed E-state index contributed by atoms with van der Waals surface area (Å²) < 4.78 is 0. The van der Waals surface area contributed by atoms with Crippen molar-refractivity contribution in [2.45, 2.75) is 52.6 Å². The van der Waals surface area contributed by atoms with Crippen molar-refractivity contribution in [1.29, 1.82) is 0 Å². The van der Waals surface area contributed by atoms with Crippen molar-refractivity contribution in [2.24, 2.45) is 5.84 Å². The van der Waals surface area contributed by atoms with E-state index in [4.69, 9.17) is 5.84 Å². The number of aryl methyl sites for hydroxylation is 1. The number of para-hydroxylation sites is 1. The molecule has 0 saturated heterocycles. The standard InChI is InChI=1S/C17H25N3O/c1-11-8-7-9-13-12(2)10-16(3,4)20(14(11)13)17(5,6)15(21)19-18/h7-10H,18H2,1-6H3,(H,19,21). The average Bonchev–Trinajstić information content (AvgIpc) is 2.37. The first kappa shape index (κ1) is 15.6. The average molecular weight is 287 g/mol. The van der Waals surface area contributed by atoms with Gasteiger partial charge in [0, 0.05) is 11.3 Å². The monoisotopic (exact) mass is 287 g/mol. The van der Waals surface area contributed by atoms with Crippen LogP contribution in [-0.4, -0.2) is 17.0 Å². The van der Waals surface area contributed by atoms with E-state index in [9.17, 15) is 4.79 Å². The first-order chi connectivity index (χ1) is 9.63. The Morgan fingerprint density at radius 3 is 2.48 bits per heavy atom. The minimum Gasteiger partial charge on any atom is -0.348 e. The molecule has 1 heterocycles. The Hall–Kier alpha value is -1.81. The van der Waals surface area contributed by atoms with Crippen LogP contribution in [0.3, 0.4) is 0 Å². The summed E-state index contributed by atoms with van der Waals surface area (Å²) in [6.07, 6.45) is 2.21. The SMILES string of the molecule is CC1=CC(C)(C)N(C(C)(C)C(=O)NN)c2c(C)cccc21. The van der Waals surface area contributed by atoms with Gasteiger partial charge in [0.15, 0.2) is 0 Å². The number of allylic oxidation sites excluding steroid dienone is 1. The van der Waals surface area contributed by atoms with E-state index in [0.717, 1.165) is 11.3 Å². The van der Waals surface area contributed by atoms with Crippen LogP contribution in [-0.2, 0) is 4.79 Å². The number of nitrogens with two attached hydrogens (primary N) is 1. The van der Waals surface area contributed by atoms with Crippen LogP contribution in [0.1, 0.15) is 45.7 Å². The molecule has 0 aromatic heterocycles. The Labute approximate surface area is 127 Å². The second-order valence-corrected chi connectivity index (χ2v) is 6.82. The van der Waals surface area contributed by atoms with E-state index in [1.54, 1.807) is 0 Å². The van der Waals surface area contributed by atoms with Gasteiger partial charge in [-0.3, -0.25) is 10.2 Å². The maximum atomic E-state index is 12.3. The number of hydrazine groups is 1. The first-order valence-corrected chi connectivity index (χ1v) is 7.23. The molecule has 0 saturated carbocycles. The molecule has 114 valence electrons. The van der Waals surface area contributed by atoms with Crippen LogP contribution in [0.25, 0.3) is 5.57 Å². The van der Waals surface area contributed by atoms with Gasteiger partial charge in [0.2, 0.25) is 0 Å². The van der Waals surface area contributed by atoms with Gasteiger partial charge >= 0.3 is 0 Å². The number of amides is 1. The number of rotatable bonds is 2. The van der Waals surface area contributed by atoms with Gasteiger partial charge in [-0.15, -0.1) is 0 Å². The molecule has 0 fully saturated rings. The van der Waals surface area contributed by atoms with Crippen LogP contribution in [0, 0.1) is 6.92 Å². The van der Waals surface area contributed by atoms with Gasteiger partial charge in [-0.25, -0.2) is 5.84 Å². The number of anilines is 1. The maximum Gasteiger partial charge on any atom is 0.259 e. The number of benzene rings is 1. The van der Waals surface area contributed by atoms with Gasteiger partial charge in [-0.05, 0) is 52.7 Å². The zero-order chi connectivity index (χ0) is 16.0. The van der Waals surface area contributed by atoms with E-state index in [1.807, 2.05) is 13.8 Å². The number of fused-ring (bicyclic) bond motifs is 1. The second kappa shape index (κ2) is 4.88. The molecule has 0 spiro atoms. The number of hydrogen-bond acceptors (Lipinski definition) is 3. The number of hydrogen-bond donors (Lipinski definition) is 2. The summed E-state index contributed by atoms with van der Waals surface area (Å²) in [6, 6.07) is 6.24. The van der Waals surface area contributed by atoms with Crippen LogP contribution >= 0.6 is 0 Å². The lowest BCUT2D eigenvalue weighted by Crippen LogP contribution is -2.64. The van der Waals surface area contributed by atoms with Crippen molar-refractivity contribution in [3.63, 3.8) is 0 Å². The fourth-order valence-electron chi connectivity index (χ4n) is 3.51. The van der Waals surface area contributed by atoms with E-state index in [0.29, 0.717) is 0 Å². The lowest BCUT2D eigenvalue weighted by Gasteiger charge is -2.51. The van der Waals surface area contributed by atoms with Crippen LogP contribution in [0.2, 0.25) is 0 Å². The van der Waals surface area contributed by atoms with Crippen molar-refractivity contribution >= 4 is 17.2 Å². The normalized spacial score (nSPS) is 17.1. The largest absolute Gasteiger partial charge is 0.348 e. The molecule has 1 aromatic carbocycles. The van der Waals surface area contributed by atoms with E-state index >= 15 is 0 Å². The molecule has 0 atom stereocenters. The highest BCUT2D eigenvalue weighted by Gasteiger charge is 2.45. The molecule has 0 bridgehead atoms. The molecule has 4 heteroatoms. The maximum absolute atomic E-state index is 12.3. The minimum absolute atomic E-state index is 0.197. The smallest absolute Gasteiger partial charge is 0.259 e. The third kappa shape index (κ3) is 2.33. The highest BCUT2D eigenvalue weighted by atomic mass is 16.2. The molecule has 0 unspecified atom stereocenters.